The van der Waals surface area contributed by atoms with E-state index in [2.05, 4.69) is 41.2 Å². The van der Waals surface area contributed by atoms with Crippen LogP contribution in [0.4, 0.5) is 0 Å². The first-order valence-corrected chi connectivity index (χ1v) is 5.81. The maximum Gasteiger partial charge on any atom is 0.137 e. The van der Waals surface area contributed by atoms with Crippen molar-refractivity contribution in [3.8, 4) is 11.3 Å². The van der Waals surface area contributed by atoms with Crippen LogP contribution in [-0.2, 0) is 17.6 Å². The number of nitrogens with zero attached hydrogens (tertiary/aromatic N) is 1. The molecule has 0 aliphatic carbocycles. The van der Waals surface area contributed by atoms with Crippen molar-refractivity contribution in [2.45, 2.75) is 26.7 Å². The molecule has 0 saturated heterocycles. The van der Waals surface area contributed by atoms with Crippen LogP contribution in [0.3, 0.4) is 0 Å². The van der Waals surface area contributed by atoms with Gasteiger partial charge in [-0.05, 0) is 24.5 Å². The summed E-state index contributed by atoms with van der Waals surface area (Å²) in [5.41, 5.74) is 3.38. The zero-order valence-electron chi connectivity index (χ0n) is 10.2. The number of aromatic nitrogens is 2. The quantitative estimate of drug-likeness (QED) is 0.874. The maximum absolute atomic E-state index is 11.0. The number of H-pyrrole nitrogens is 1. The highest BCUT2D eigenvalue weighted by Crippen LogP contribution is 2.18. The first kappa shape index (κ1) is 11.6. The van der Waals surface area contributed by atoms with Crippen LogP contribution in [-0.4, -0.2) is 15.8 Å². The maximum atomic E-state index is 11.0. The fraction of sp³-hybridized carbons (Fsp3) is 0.286. The van der Waals surface area contributed by atoms with E-state index in [4.69, 9.17) is 0 Å². The largest absolute Gasteiger partial charge is 0.342 e. The molecule has 1 heterocycles. The molecule has 1 aromatic heterocycles. The summed E-state index contributed by atoms with van der Waals surface area (Å²) in [6, 6.07) is 8.37. The van der Waals surface area contributed by atoms with Crippen LogP contribution in [0.25, 0.3) is 11.3 Å². The SMILES string of the molecule is CCc1ccc(-c2cnc(CC(C)=O)[nH]2)cc1. The fourth-order valence-electron chi connectivity index (χ4n) is 1.75. The summed E-state index contributed by atoms with van der Waals surface area (Å²) < 4.78 is 0. The molecule has 2 aromatic rings. The molecular formula is C14H16N2O. The Morgan fingerprint density at radius 2 is 2.00 bits per heavy atom. The van der Waals surface area contributed by atoms with Crippen LogP contribution in [0.5, 0.6) is 0 Å². The number of nitrogens with one attached hydrogen (secondary N) is 1. The Kier molecular flexibility index (Phi) is 3.38. The van der Waals surface area contributed by atoms with Gasteiger partial charge in [0.1, 0.15) is 11.6 Å². The highest BCUT2D eigenvalue weighted by Gasteiger charge is 2.05. The first-order valence-electron chi connectivity index (χ1n) is 5.81. The number of ketones is 1. The number of carbonyl (C=O) groups is 1. The summed E-state index contributed by atoms with van der Waals surface area (Å²) in [6.45, 7) is 3.70. The summed E-state index contributed by atoms with van der Waals surface area (Å²) in [6.07, 6.45) is 3.19. The molecule has 0 radical (unpaired) electrons. The molecule has 0 unspecified atom stereocenters. The van der Waals surface area contributed by atoms with Crippen LogP contribution in [0.15, 0.2) is 30.5 Å². The topological polar surface area (TPSA) is 45.8 Å². The Morgan fingerprint density at radius 3 is 2.59 bits per heavy atom. The molecule has 0 amide bonds. The van der Waals surface area contributed by atoms with Crippen molar-refractivity contribution in [1.29, 1.82) is 0 Å². The minimum absolute atomic E-state index is 0.118. The van der Waals surface area contributed by atoms with E-state index in [1.165, 1.54) is 5.56 Å². The van der Waals surface area contributed by atoms with Crippen molar-refractivity contribution < 1.29 is 4.79 Å². The van der Waals surface area contributed by atoms with Gasteiger partial charge in [0, 0.05) is 0 Å². The summed E-state index contributed by atoms with van der Waals surface area (Å²) in [4.78, 5) is 18.3. The molecule has 0 saturated carbocycles. The van der Waals surface area contributed by atoms with E-state index in [1.54, 1.807) is 13.1 Å². The number of aryl methyl sites for hydroxylation is 1. The van der Waals surface area contributed by atoms with Gasteiger partial charge in [-0.3, -0.25) is 4.79 Å². The molecule has 17 heavy (non-hydrogen) atoms. The number of carbonyl (C=O) groups excluding carboxylic acids is 1. The van der Waals surface area contributed by atoms with E-state index in [0.717, 1.165) is 23.5 Å². The van der Waals surface area contributed by atoms with Gasteiger partial charge in [-0.2, -0.15) is 0 Å². The lowest BCUT2D eigenvalue weighted by molar-refractivity contribution is -0.116. The minimum Gasteiger partial charge on any atom is -0.342 e. The van der Waals surface area contributed by atoms with Crippen LogP contribution < -0.4 is 0 Å². The van der Waals surface area contributed by atoms with Crippen molar-refractivity contribution >= 4 is 5.78 Å². The van der Waals surface area contributed by atoms with Crippen molar-refractivity contribution in [3.63, 3.8) is 0 Å². The molecular weight excluding hydrogens is 212 g/mol. The Hall–Kier alpha value is -1.90. The summed E-state index contributed by atoms with van der Waals surface area (Å²) in [7, 11) is 0. The van der Waals surface area contributed by atoms with E-state index < -0.39 is 0 Å². The molecule has 3 nitrogen and oxygen atoms in total. The van der Waals surface area contributed by atoms with Crippen molar-refractivity contribution in [3.05, 3.63) is 41.9 Å². The number of Topliss-reactive ketones (excluding diaryl/α,β-unsaturated/α-hetero) is 1. The van der Waals surface area contributed by atoms with Crippen LogP contribution in [0.1, 0.15) is 25.2 Å². The lowest BCUT2D eigenvalue weighted by Gasteiger charge is -1.99. The van der Waals surface area contributed by atoms with Gasteiger partial charge < -0.3 is 4.98 Å². The third-order valence-electron chi connectivity index (χ3n) is 2.72. The summed E-state index contributed by atoms with van der Waals surface area (Å²) in [5.74, 6) is 0.847. The molecule has 0 aliphatic heterocycles. The fourth-order valence-corrected chi connectivity index (χ4v) is 1.75. The number of hydrogen-bond donors (Lipinski definition) is 1. The molecule has 3 heteroatoms. The summed E-state index contributed by atoms with van der Waals surface area (Å²) >= 11 is 0. The molecule has 0 aliphatic rings. The molecule has 0 bridgehead atoms. The number of hydrogen-bond acceptors (Lipinski definition) is 2. The van der Waals surface area contributed by atoms with E-state index in [9.17, 15) is 4.79 Å². The molecule has 2 rings (SSSR count). The highest BCUT2D eigenvalue weighted by atomic mass is 16.1. The Labute approximate surface area is 101 Å². The van der Waals surface area contributed by atoms with Crippen LogP contribution >= 0.6 is 0 Å². The second kappa shape index (κ2) is 4.95. The van der Waals surface area contributed by atoms with Crippen molar-refractivity contribution in [2.75, 3.05) is 0 Å². The Bertz CT molecular complexity index is 511. The van der Waals surface area contributed by atoms with Gasteiger partial charge in [-0.15, -0.1) is 0 Å². The van der Waals surface area contributed by atoms with Gasteiger partial charge in [0.15, 0.2) is 0 Å². The Balaban J connectivity index is 2.21. The third-order valence-corrected chi connectivity index (χ3v) is 2.72. The van der Waals surface area contributed by atoms with Gasteiger partial charge in [0.2, 0.25) is 0 Å². The zero-order chi connectivity index (χ0) is 12.3. The van der Waals surface area contributed by atoms with Gasteiger partial charge in [-0.1, -0.05) is 31.2 Å². The standard InChI is InChI=1S/C14H16N2O/c1-3-11-4-6-12(7-5-11)13-9-15-14(16-13)8-10(2)17/h4-7,9H,3,8H2,1-2H3,(H,15,16). The minimum atomic E-state index is 0.118. The number of imidazole rings is 1. The molecule has 1 N–H and O–H groups in total. The van der Waals surface area contributed by atoms with Crippen LogP contribution in [0.2, 0.25) is 0 Å². The van der Waals surface area contributed by atoms with Gasteiger partial charge in [-0.25, -0.2) is 4.98 Å². The molecule has 1 aromatic carbocycles. The zero-order valence-corrected chi connectivity index (χ0v) is 10.2. The summed E-state index contributed by atoms with van der Waals surface area (Å²) in [5, 5.41) is 0. The average molecular weight is 228 g/mol. The molecule has 0 atom stereocenters. The van der Waals surface area contributed by atoms with Gasteiger partial charge in [0.25, 0.3) is 0 Å². The predicted molar refractivity (Wildman–Crippen MR) is 67.8 cm³/mol. The lowest BCUT2D eigenvalue weighted by atomic mass is 10.1. The Morgan fingerprint density at radius 1 is 1.29 bits per heavy atom. The molecule has 0 fully saturated rings. The van der Waals surface area contributed by atoms with E-state index in [0.29, 0.717) is 6.42 Å². The van der Waals surface area contributed by atoms with Crippen molar-refractivity contribution in [1.82, 2.24) is 9.97 Å². The molecule has 0 spiro atoms. The van der Waals surface area contributed by atoms with E-state index in [1.807, 2.05) is 0 Å². The normalized spacial score (nSPS) is 10.5. The number of aromatic amines is 1. The number of benzene rings is 1. The smallest absolute Gasteiger partial charge is 0.137 e. The van der Waals surface area contributed by atoms with Crippen LogP contribution in [0, 0.1) is 0 Å². The number of rotatable bonds is 4. The second-order valence-electron chi connectivity index (χ2n) is 4.17. The second-order valence-corrected chi connectivity index (χ2v) is 4.17. The van der Waals surface area contributed by atoms with E-state index >= 15 is 0 Å². The van der Waals surface area contributed by atoms with Gasteiger partial charge >= 0.3 is 0 Å². The first-order chi connectivity index (χ1) is 8.19. The molecule has 88 valence electrons. The average Bonchev–Trinajstić information content (AvgIpc) is 2.77. The monoisotopic (exact) mass is 228 g/mol. The van der Waals surface area contributed by atoms with Crippen molar-refractivity contribution in [2.24, 2.45) is 0 Å². The predicted octanol–water partition coefficient (Wildman–Crippen LogP) is 2.77. The highest BCUT2D eigenvalue weighted by molar-refractivity contribution is 5.77. The lowest BCUT2D eigenvalue weighted by Crippen LogP contribution is -1.97. The third kappa shape index (κ3) is 2.81. The van der Waals surface area contributed by atoms with E-state index in [-0.39, 0.29) is 5.78 Å². The van der Waals surface area contributed by atoms with Gasteiger partial charge in [0.05, 0.1) is 18.3 Å².